The third kappa shape index (κ3) is 9.69. The van der Waals surface area contributed by atoms with Gasteiger partial charge in [-0.2, -0.15) is 0 Å². The van der Waals surface area contributed by atoms with E-state index in [9.17, 15) is 2.74 Å². The van der Waals surface area contributed by atoms with Gasteiger partial charge in [0.2, 0.25) is 0 Å². The topological polar surface area (TPSA) is 43.9 Å². The first-order valence-electron chi connectivity index (χ1n) is 23.5. The summed E-state index contributed by atoms with van der Waals surface area (Å²) in [5, 5.41) is 2.02. The molecule has 0 fully saturated rings. The zero-order valence-electron chi connectivity index (χ0n) is 42.3. The minimum Gasteiger partial charge on any atom is -0.501 e. The second-order valence-electron chi connectivity index (χ2n) is 20.6. The van der Waals surface area contributed by atoms with Crippen LogP contribution in [0.5, 0.6) is 0 Å². The first-order chi connectivity index (χ1) is 30.9. The van der Waals surface area contributed by atoms with E-state index >= 15 is 0 Å². The number of hydrogen-bond acceptors (Lipinski definition) is 3. The van der Waals surface area contributed by atoms with Gasteiger partial charge >= 0.3 is 0 Å². The molecule has 0 aliphatic carbocycles. The fraction of sp³-hybridized carbons (Fsp3) is 0.300. The Labute approximate surface area is 403 Å². The molecule has 0 N–H and O–H groups in total. The number of hydrogen-bond donors (Lipinski definition) is 0. The Morgan fingerprint density at radius 2 is 1.22 bits per heavy atom. The molecule has 0 aliphatic heterocycles. The van der Waals surface area contributed by atoms with Gasteiger partial charge < -0.3 is 14.0 Å². The molecule has 0 atom stereocenters. The van der Waals surface area contributed by atoms with Crippen LogP contribution in [-0.4, -0.2) is 14.5 Å². The molecule has 4 nitrogen and oxygen atoms in total. The molecular weight excluding hydrogens is 971 g/mol. The molecule has 0 bridgehead atoms. The third-order valence-electron chi connectivity index (χ3n) is 12.2. The number of aromatic nitrogens is 3. The van der Waals surface area contributed by atoms with Gasteiger partial charge in [-0.25, -0.2) is 0 Å². The molecule has 6 aromatic carbocycles. The predicted molar refractivity (Wildman–Crippen MR) is 271 cm³/mol. The molecule has 3 heterocycles. The van der Waals surface area contributed by atoms with Gasteiger partial charge in [-0.05, 0) is 90.9 Å². The smallest absolute Gasteiger partial charge is 0.121 e. The fourth-order valence-corrected chi connectivity index (χ4v) is 8.29. The van der Waals surface area contributed by atoms with Gasteiger partial charge in [0.25, 0.3) is 0 Å². The van der Waals surface area contributed by atoms with Crippen molar-refractivity contribution in [3.8, 4) is 39.5 Å². The Morgan fingerprint density at radius 1 is 0.600 bits per heavy atom. The first kappa shape index (κ1) is 44.6. The normalized spacial score (nSPS) is 13.0. The van der Waals surface area contributed by atoms with E-state index < -0.39 is 11.8 Å². The van der Waals surface area contributed by atoms with Crippen molar-refractivity contribution >= 4 is 33.0 Å². The van der Waals surface area contributed by atoms with Crippen LogP contribution in [0.3, 0.4) is 0 Å². The maximum absolute atomic E-state index is 9.42. The minimum absolute atomic E-state index is 0. The summed E-state index contributed by atoms with van der Waals surface area (Å²) in [6, 6.07) is 50.5. The summed E-state index contributed by atoms with van der Waals surface area (Å²) in [4.78, 5) is 9.72. The van der Waals surface area contributed by atoms with Crippen molar-refractivity contribution in [2.45, 2.75) is 118 Å². The zero-order valence-corrected chi connectivity index (χ0v) is 42.7. The van der Waals surface area contributed by atoms with Gasteiger partial charge in [0.05, 0.1) is 22.4 Å². The molecular formula is C60H63IrN3O-2. The number of imidazole rings is 1. The monoisotopic (exact) mass is 1040 g/mol. The molecule has 0 saturated heterocycles. The van der Waals surface area contributed by atoms with Crippen molar-refractivity contribution in [3.63, 3.8) is 0 Å². The summed E-state index contributed by atoms with van der Waals surface area (Å²) in [6.45, 7) is 27.5. The predicted octanol–water partition coefficient (Wildman–Crippen LogP) is 16.7. The van der Waals surface area contributed by atoms with Crippen LogP contribution in [0.1, 0.15) is 132 Å². The number of fused-ring (bicyclic) bond motifs is 4. The second kappa shape index (κ2) is 18.3. The van der Waals surface area contributed by atoms with E-state index in [1.165, 1.54) is 11.1 Å². The van der Waals surface area contributed by atoms with Crippen molar-refractivity contribution in [2.75, 3.05) is 0 Å². The quantitative estimate of drug-likeness (QED) is 0.156. The summed E-state index contributed by atoms with van der Waals surface area (Å²) < 4.78 is 27.8. The number of pyridine rings is 1. The largest absolute Gasteiger partial charge is 0.501 e. The third-order valence-corrected chi connectivity index (χ3v) is 12.2. The van der Waals surface area contributed by atoms with Gasteiger partial charge in [-0.15, -0.1) is 54.1 Å². The van der Waals surface area contributed by atoms with E-state index in [1.807, 2.05) is 82.4 Å². The molecule has 0 unspecified atom stereocenters. The number of furan rings is 1. The Bertz CT molecular complexity index is 3150. The summed E-state index contributed by atoms with van der Waals surface area (Å²) in [5.74, 6) is -1.25. The van der Waals surface area contributed by atoms with Crippen LogP contribution in [0, 0.1) is 12.1 Å². The van der Waals surface area contributed by atoms with Crippen LogP contribution < -0.4 is 0 Å². The average molecular weight is 1040 g/mol. The Morgan fingerprint density at radius 3 is 1.80 bits per heavy atom. The molecule has 0 amide bonds. The van der Waals surface area contributed by atoms with Crippen LogP contribution in [0.4, 0.5) is 0 Å². The van der Waals surface area contributed by atoms with Crippen molar-refractivity contribution < 1.29 is 27.3 Å². The maximum Gasteiger partial charge on any atom is 0.121 e. The molecule has 335 valence electrons. The molecule has 3 aromatic heterocycles. The molecule has 65 heavy (non-hydrogen) atoms. The molecule has 9 aromatic rings. The number of para-hydroxylation sites is 2. The molecule has 0 aliphatic rings. The van der Waals surface area contributed by atoms with E-state index in [4.69, 9.17) is 9.40 Å². The standard InChI is InChI=1S/C45H47N2O.C15H16N.Ir/c1-27(2)36-25-32(45(8,9)10)26-37(28(3)4)41(36)47-39-17-12-11-16-38(39)46-43(47)35-15-13-14-34-33-23-20-30(24-40(33)48-42(34)35)29-18-21-31(22-19-29)44(5,6)7;1-15(2,3)13-9-10-14(16-11-13)12-7-5-4-6-8-12;/h11-14,16-28H,1-10H3;4-7,9-11H,1-3H3;/q2*-1;/i27D,28D;;. The summed E-state index contributed by atoms with van der Waals surface area (Å²) in [7, 11) is 0. The van der Waals surface area contributed by atoms with Gasteiger partial charge in [0.15, 0.2) is 0 Å². The van der Waals surface area contributed by atoms with Crippen LogP contribution >= 0.6 is 0 Å². The van der Waals surface area contributed by atoms with Gasteiger partial charge in [0, 0.05) is 40.1 Å². The van der Waals surface area contributed by atoms with Crippen molar-refractivity contribution in [1.29, 1.82) is 0 Å². The van der Waals surface area contributed by atoms with E-state index in [2.05, 4.69) is 163 Å². The fourth-order valence-electron chi connectivity index (χ4n) is 8.29. The summed E-state index contributed by atoms with van der Waals surface area (Å²) in [6.07, 6.45) is 1.95. The average Bonchev–Trinajstić information content (AvgIpc) is 3.83. The van der Waals surface area contributed by atoms with Gasteiger partial charge in [-0.3, -0.25) is 4.98 Å². The Kier molecular flexibility index (Phi) is 12.6. The van der Waals surface area contributed by atoms with Crippen molar-refractivity contribution in [3.05, 3.63) is 174 Å². The zero-order chi connectivity index (χ0) is 47.6. The molecule has 5 heteroatoms. The number of nitrogens with zero attached hydrogens (tertiary/aromatic N) is 3. The summed E-state index contributed by atoms with van der Waals surface area (Å²) >= 11 is 0. The number of benzene rings is 6. The van der Waals surface area contributed by atoms with E-state index in [0.29, 0.717) is 11.4 Å². The SMILES string of the molecule is CC(C)(C)c1ccc(-c2[c-]cccc2)nc1.[2H]C(C)(C)c1cc(C(C)(C)C)cc(C([2H])(C)C)c1-n1c(-c2[c-]ccc3c2oc2cc(-c4ccc(C(C)(C)C)cc4)ccc23)nc2ccccc21.[Ir]. The van der Waals surface area contributed by atoms with E-state index in [-0.39, 0.29) is 36.4 Å². The number of rotatable bonds is 6. The van der Waals surface area contributed by atoms with Crippen LogP contribution in [0.15, 0.2) is 138 Å². The van der Waals surface area contributed by atoms with E-state index in [0.717, 1.165) is 77.7 Å². The molecule has 0 spiro atoms. The van der Waals surface area contributed by atoms with Gasteiger partial charge in [-0.1, -0.05) is 174 Å². The molecule has 1 radical (unpaired) electrons. The molecule has 0 saturated carbocycles. The second-order valence-corrected chi connectivity index (χ2v) is 20.6. The molecule has 9 rings (SSSR count). The van der Waals surface area contributed by atoms with E-state index in [1.54, 1.807) is 0 Å². The van der Waals surface area contributed by atoms with Crippen LogP contribution in [0.25, 0.3) is 72.4 Å². The Balaban J connectivity index is 0.000000331. The Hall–Kier alpha value is -5.61. The van der Waals surface area contributed by atoms with Crippen LogP contribution in [-0.2, 0) is 36.4 Å². The van der Waals surface area contributed by atoms with Crippen molar-refractivity contribution in [2.24, 2.45) is 0 Å². The van der Waals surface area contributed by atoms with Crippen LogP contribution in [0.2, 0.25) is 0 Å². The summed E-state index contributed by atoms with van der Waals surface area (Å²) in [5.41, 5.74) is 14.5. The minimum atomic E-state index is -0.962. The van der Waals surface area contributed by atoms with Gasteiger partial charge in [0.1, 0.15) is 5.58 Å². The maximum atomic E-state index is 9.42. The first-order valence-corrected chi connectivity index (χ1v) is 22.5. The van der Waals surface area contributed by atoms with Crippen molar-refractivity contribution in [1.82, 2.24) is 14.5 Å².